The third kappa shape index (κ3) is 39.0. The van der Waals surface area contributed by atoms with Crippen LogP contribution in [-0.2, 0) is 32.7 Å². The van der Waals surface area contributed by atoms with E-state index in [1.807, 2.05) is 18.2 Å². The Labute approximate surface area is 348 Å². The molecule has 0 aromatic rings. The van der Waals surface area contributed by atoms with Gasteiger partial charge in [-0.05, 0) is 83.5 Å². The zero-order chi connectivity index (χ0) is 42.8. The Bertz CT molecular complexity index is 1390. The minimum Gasteiger partial charge on any atom is -0.480 e. The van der Waals surface area contributed by atoms with E-state index >= 15 is 0 Å². The number of esters is 1. The Morgan fingerprint density at radius 3 is 1.45 bits per heavy atom. The fourth-order valence-corrected chi connectivity index (χ4v) is 5.65. The van der Waals surface area contributed by atoms with Crippen molar-refractivity contribution < 1.29 is 47.8 Å². The molecule has 0 aliphatic heterocycles. The number of phosphoric ester groups is 1. The second kappa shape index (κ2) is 39.9. The lowest BCUT2D eigenvalue weighted by atomic mass is 10.1. The standard InChI is InChI=1S/C46H72NO10P/c1-3-5-7-9-11-13-15-17-19-20-21-22-24-26-28-30-32-34-36-38-45(50)55-39-42(48)40-56-58(53,54)57-41-43(46(51)52)47-44(49)37-35-33-31-29-27-25-23-18-16-14-12-10-8-6-4-2/h5-8,11-14,17-19,21-23,26,28,32,34,42-43,48H,3-4,9-10,15-16,20,24-25,27,29-31,33,35-41H2,1-2H3,(H,47,49)(H,51,52)(H,53,54)/b7-5-,8-6-,13-11-,14-12-,19-17-,22-21-,23-18-,28-26-,34-32-. The van der Waals surface area contributed by atoms with Crippen LogP contribution in [0.25, 0.3) is 0 Å². The van der Waals surface area contributed by atoms with Crippen LogP contribution >= 0.6 is 7.82 Å². The van der Waals surface area contributed by atoms with Gasteiger partial charge in [0.05, 0.1) is 13.2 Å². The summed E-state index contributed by atoms with van der Waals surface area (Å²) in [5.74, 6) is -2.51. The van der Waals surface area contributed by atoms with E-state index in [0.717, 1.165) is 89.9 Å². The van der Waals surface area contributed by atoms with Crippen molar-refractivity contribution >= 4 is 25.7 Å². The first-order chi connectivity index (χ1) is 28.1. The van der Waals surface area contributed by atoms with Crippen molar-refractivity contribution in [2.45, 2.75) is 142 Å². The molecule has 3 unspecified atom stereocenters. The van der Waals surface area contributed by atoms with Crippen LogP contribution in [0.15, 0.2) is 109 Å². The van der Waals surface area contributed by atoms with Crippen molar-refractivity contribution in [1.29, 1.82) is 0 Å². The zero-order valence-electron chi connectivity index (χ0n) is 35.0. The number of carboxylic acid groups (broad SMARTS) is 1. The topological polar surface area (TPSA) is 169 Å². The van der Waals surface area contributed by atoms with Crippen LogP contribution in [-0.4, -0.2) is 64.9 Å². The second-order valence-corrected chi connectivity index (χ2v) is 14.9. The van der Waals surface area contributed by atoms with E-state index in [1.54, 1.807) is 0 Å². The fourth-order valence-electron chi connectivity index (χ4n) is 4.88. The van der Waals surface area contributed by atoms with E-state index in [-0.39, 0.29) is 12.8 Å². The zero-order valence-corrected chi connectivity index (χ0v) is 35.9. The summed E-state index contributed by atoms with van der Waals surface area (Å²) in [7, 11) is -4.78. The van der Waals surface area contributed by atoms with Gasteiger partial charge in [-0.3, -0.25) is 18.6 Å². The van der Waals surface area contributed by atoms with Gasteiger partial charge in [0.15, 0.2) is 6.04 Å². The Balaban J connectivity index is 4.07. The molecule has 1 amide bonds. The van der Waals surface area contributed by atoms with Crippen LogP contribution in [0.5, 0.6) is 0 Å². The second-order valence-electron chi connectivity index (χ2n) is 13.4. The Hall–Kier alpha value is -3.86. The summed E-state index contributed by atoms with van der Waals surface area (Å²) in [6.07, 6.45) is 51.3. The number of allylic oxidation sites excluding steroid dienone is 18. The summed E-state index contributed by atoms with van der Waals surface area (Å²) in [5.41, 5.74) is 0. The van der Waals surface area contributed by atoms with Crippen LogP contribution in [0.4, 0.5) is 0 Å². The lowest BCUT2D eigenvalue weighted by Gasteiger charge is -2.18. The number of aliphatic carboxylic acids is 1. The van der Waals surface area contributed by atoms with Crippen molar-refractivity contribution in [1.82, 2.24) is 5.32 Å². The summed E-state index contributed by atoms with van der Waals surface area (Å²) in [6, 6.07) is -1.57. The van der Waals surface area contributed by atoms with E-state index in [2.05, 4.69) is 110 Å². The maximum atomic E-state index is 12.3. The van der Waals surface area contributed by atoms with E-state index in [4.69, 9.17) is 13.8 Å². The van der Waals surface area contributed by atoms with Crippen molar-refractivity contribution in [2.75, 3.05) is 19.8 Å². The van der Waals surface area contributed by atoms with Gasteiger partial charge in [-0.2, -0.15) is 0 Å². The number of aliphatic hydroxyl groups excluding tert-OH is 1. The first kappa shape index (κ1) is 54.1. The SMILES string of the molecule is CC/C=C\C/C=C\C/C=C\C/C=C\C/C=C\C/C=C\CCC(=O)OCC(O)COP(=O)(O)OCC(NC(=O)CCCCCCC/C=C\C/C=C\C/C=C\CC)C(=O)O. The highest BCUT2D eigenvalue weighted by molar-refractivity contribution is 7.47. The van der Waals surface area contributed by atoms with Gasteiger partial charge in [0.25, 0.3) is 0 Å². The quantitative estimate of drug-likeness (QED) is 0.0205. The van der Waals surface area contributed by atoms with Crippen LogP contribution < -0.4 is 5.32 Å². The molecule has 0 aliphatic rings. The van der Waals surface area contributed by atoms with Crippen LogP contribution in [0.1, 0.15) is 129 Å². The highest BCUT2D eigenvalue weighted by atomic mass is 31.2. The van der Waals surface area contributed by atoms with Gasteiger partial charge in [-0.1, -0.05) is 142 Å². The number of amides is 1. The molecule has 0 rings (SSSR count). The van der Waals surface area contributed by atoms with E-state index in [9.17, 15) is 34.1 Å². The summed E-state index contributed by atoms with van der Waals surface area (Å²) >= 11 is 0. The summed E-state index contributed by atoms with van der Waals surface area (Å²) in [5, 5.41) is 21.8. The number of hydrogen-bond acceptors (Lipinski definition) is 8. The molecular weight excluding hydrogens is 757 g/mol. The molecule has 4 N–H and O–H groups in total. The molecule has 58 heavy (non-hydrogen) atoms. The molecule has 0 aromatic carbocycles. The number of hydrogen-bond donors (Lipinski definition) is 4. The van der Waals surface area contributed by atoms with Gasteiger partial charge in [0.1, 0.15) is 12.7 Å². The van der Waals surface area contributed by atoms with Crippen LogP contribution in [0.3, 0.4) is 0 Å². The molecule has 0 aromatic heterocycles. The van der Waals surface area contributed by atoms with Gasteiger partial charge in [0, 0.05) is 12.8 Å². The van der Waals surface area contributed by atoms with Crippen molar-refractivity contribution in [3.63, 3.8) is 0 Å². The van der Waals surface area contributed by atoms with E-state index in [0.29, 0.717) is 12.8 Å². The molecule has 0 heterocycles. The van der Waals surface area contributed by atoms with Crippen molar-refractivity contribution in [2.24, 2.45) is 0 Å². The fraction of sp³-hybridized carbons (Fsp3) is 0.543. The lowest BCUT2D eigenvalue weighted by Crippen LogP contribution is -2.43. The number of unbranched alkanes of at least 4 members (excludes halogenated alkanes) is 5. The molecule has 0 aliphatic carbocycles. The van der Waals surface area contributed by atoms with Crippen molar-refractivity contribution in [3.8, 4) is 0 Å². The van der Waals surface area contributed by atoms with E-state index < -0.39 is 57.6 Å². The van der Waals surface area contributed by atoms with Gasteiger partial charge in [-0.15, -0.1) is 0 Å². The molecule has 326 valence electrons. The monoisotopic (exact) mass is 829 g/mol. The summed E-state index contributed by atoms with van der Waals surface area (Å²) in [6.45, 7) is 2.24. The first-order valence-corrected chi connectivity index (χ1v) is 22.4. The largest absolute Gasteiger partial charge is 0.480 e. The Morgan fingerprint density at radius 1 is 0.552 bits per heavy atom. The van der Waals surface area contributed by atoms with Crippen LogP contribution in [0, 0.1) is 0 Å². The molecule has 12 heteroatoms. The molecule has 0 spiro atoms. The molecule has 11 nitrogen and oxygen atoms in total. The van der Waals surface area contributed by atoms with Gasteiger partial charge in [0.2, 0.25) is 5.91 Å². The normalized spacial score (nSPS) is 14.8. The third-order valence-corrected chi connectivity index (χ3v) is 9.02. The molecule has 0 fully saturated rings. The number of ether oxygens (including phenoxy) is 1. The molecular formula is C46H72NO10P. The number of carbonyl (C=O) groups is 3. The highest BCUT2D eigenvalue weighted by Gasteiger charge is 2.28. The minimum absolute atomic E-state index is 0.0912. The Kier molecular flexibility index (Phi) is 37.3. The molecule has 0 saturated carbocycles. The number of nitrogens with one attached hydrogen (secondary N) is 1. The predicted molar refractivity (Wildman–Crippen MR) is 235 cm³/mol. The minimum atomic E-state index is -4.78. The number of aliphatic hydroxyl groups is 1. The number of carbonyl (C=O) groups excluding carboxylic acids is 2. The van der Waals surface area contributed by atoms with Gasteiger partial charge < -0.3 is 25.2 Å². The number of rotatable bonds is 37. The smallest absolute Gasteiger partial charge is 0.472 e. The maximum absolute atomic E-state index is 12.3. The summed E-state index contributed by atoms with van der Waals surface area (Å²) in [4.78, 5) is 45.8. The molecule has 0 radical (unpaired) electrons. The maximum Gasteiger partial charge on any atom is 0.472 e. The predicted octanol–water partition coefficient (Wildman–Crippen LogP) is 10.7. The Morgan fingerprint density at radius 2 is 0.966 bits per heavy atom. The van der Waals surface area contributed by atoms with Crippen molar-refractivity contribution in [3.05, 3.63) is 109 Å². The lowest BCUT2D eigenvalue weighted by molar-refractivity contribution is -0.147. The highest BCUT2D eigenvalue weighted by Crippen LogP contribution is 2.43. The number of phosphoric acid groups is 1. The first-order valence-electron chi connectivity index (χ1n) is 20.9. The van der Waals surface area contributed by atoms with Gasteiger partial charge in [-0.25, -0.2) is 9.36 Å². The van der Waals surface area contributed by atoms with Crippen LogP contribution in [0.2, 0.25) is 0 Å². The van der Waals surface area contributed by atoms with E-state index in [1.165, 1.54) is 0 Å². The molecule has 3 atom stereocenters. The summed E-state index contributed by atoms with van der Waals surface area (Å²) < 4.78 is 26.7. The molecule has 0 bridgehead atoms. The molecule has 0 saturated heterocycles. The number of carboxylic acids is 1. The third-order valence-electron chi connectivity index (χ3n) is 8.07. The average molecular weight is 830 g/mol. The average Bonchev–Trinajstić information content (AvgIpc) is 3.20. The van der Waals surface area contributed by atoms with Gasteiger partial charge >= 0.3 is 19.8 Å².